The summed E-state index contributed by atoms with van der Waals surface area (Å²) >= 11 is 0.870. The van der Waals surface area contributed by atoms with Crippen LogP contribution in [0.5, 0.6) is 0 Å². The molecule has 2 heterocycles. The maximum Gasteiger partial charge on any atom is 0.305 e. The molecule has 0 fully saturated rings. The van der Waals surface area contributed by atoms with Gasteiger partial charge in [0.25, 0.3) is 0 Å². The largest absolute Gasteiger partial charge is 0.355 e. The standard InChI is InChI=1S/C11H12N4O4S2/c1-14(7-8-6-12-3-4-13-8)11-9(15(16)17)5-10(20-11)21(2,18)19/h3-6H,7H2,1-2H3. The molecule has 2 rings (SSSR count). The van der Waals surface area contributed by atoms with Crippen molar-refractivity contribution in [3.63, 3.8) is 0 Å². The zero-order chi connectivity index (χ0) is 15.6. The van der Waals surface area contributed by atoms with Gasteiger partial charge in [-0.1, -0.05) is 11.3 Å². The van der Waals surface area contributed by atoms with E-state index in [9.17, 15) is 18.5 Å². The Morgan fingerprint density at radius 2 is 2.14 bits per heavy atom. The molecule has 2 aromatic rings. The summed E-state index contributed by atoms with van der Waals surface area (Å²) in [6.07, 6.45) is 5.62. The number of rotatable bonds is 5. The molecule has 0 atom stereocenters. The lowest BCUT2D eigenvalue weighted by Gasteiger charge is -2.15. The number of hydrogen-bond donors (Lipinski definition) is 0. The minimum Gasteiger partial charge on any atom is -0.355 e. The third-order valence-electron chi connectivity index (χ3n) is 2.60. The fourth-order valence-corrected chi connectivity index (χ4v) is 3.65. The van der Waals surface area contributed by atoms with E-state index >= 15 is 0 Å². The van der Waals surface area contributed by atoms with Gasteiger partial charge in [0.15, 0.2) is 14.8 Å². The second-order valence-corrected chi connectivity index (χ2v) is 7.61. The van der Waals surface area contributed by atoms with Gasteiger partial charge in [0, 0.05) is 31.8 Å². The van der Waals surface area contributed by atoms with Crippen molar-refractivity contribution in [2.45, 2.75) is 10.8 Å². The van der Waals surface area contributed by atoms with Crippen LogP contribution >= 0.6 is 11.3 Å². The average Bonchev–Trinajstić information content (AvgIpc) is 2.85. The molecule has 2 aromatic heterocycles. The Hall–Kier alpha value is -2.07. The number of anilines is 1. The highest BCUT2D eigenvalue weighted by Crippen LogP contribution is 2.39. The third-order valence-corrected chi connectivity index (χ3v) is 5.64. The van der Waals surface area contributed by atoms with Crippen molar-refractivity contribution in [3.05, 3.63) is 40.5 Å². The molecule has 0 bridgehead atoms. The van der Waals surface area contributed by atoms with Gasteiger partial charge in [0.2, 0.25) is 0 Å². The zero-order valence-electron chi connectivity index (χ0n) is 11.3. The Labute approximate surface area is 125 Å². The van der Waals surface area contributed by atoms with Gasteiger partial charge in [-0.3, -0.25) is 20.1 Å². The average molecular weight is 328 g/mol. The summed E-state index contributed by atoms with van der Waals surface area (Å²) < 4.78 is 23.1. The number of sulfone groups is 1. The summed E-state index contributed by atoms with van der Waals surface area (Å²) in [6.45, 7) is 0.290. The van der Waals surface area contributed by atoms with Crippen LogP contribution in [0.4, 0.5) is 10.7 Å². The molecule has 0 aliphatic rings. The maximum absolute atomic E-state index is 11.5. The van der Waals surface area contributed by atoms with Gasteiger partial charge in [-0.05, 0) is 0 Å². The highest BCUT2D eigenvalue weighted by Gasteiger charge is 2.26. The Morgan fingerprint density at radius 3 is 2.67 bits per heavy atom. The monoisotopic (exact) mass is 328 g/mol. The number of hydrogen-bond acceptors (Lipinski definition) is 8. The van der Waals surface area contributed by atoms with Crippen molar-refractivity contribution in [1.82, 2.24) is 9.97 Å². The zero-order valence-corrected chi connectivity index (χ0v) is 12.9. The SMILES string of the molecule is CN(Cc1cnccn1)c1sc(S(C)(=O)=O)cc1[N+](=O)[O-]. The summed E-state index contributed by atoms with van der Waals surface area (Å²) in [5.74, 6) is 0. The van der Waals surface area contributed by atoms with E-state index in [1.807, 2.05) is 0 Å². The highest BCUT2D eigenvalue weighted by atomic mass is 32.2. The van der Waals surface area contributed by atoms with Crippen molar-refractivity contribution in [2.75, 3.05) is 18.2 Å². The van der Waals surface area contributed by atoms with E-state index < -0.39 is 14.8 Å². The number of thiophene rings is 1. The van der Waals surface area contributed by atoms with Crippen LogP contribution in [0.2, 0.25) is 0 Å². The molecule has 0 spiro atoms. The quantitative estimate of drug-likeness (QED) is 0.604. The van der Waals surface area contributed by atoms with Crippen molar-refractivity contribution in [3.8, 4) is 0 Å². The van der Waals surface area contributed by atoms with Gasteiger partial charge in [-0.25, -0.2) is 8.42 Å². The molecular formula is C11H12N4O4S2. The van der Waals surface area contributed by atoms with Gasteiger partial charge in [-0.15, -0.1) is 0 Å². The Balaban J connectivity index is 2.38. The van der Waals surface area contributed by atoms with Gasteiger partial charge < -0.3 is 4.90 Å². The van der Waals surface area contributed by atoms with Crippen LogP contribution in [-0.2, 0) is 16.4 Å². The molecular weight excluding hydrogens is 316 g/mol. The fraction of sp³-hybridized carbons (Fsp3) is 0.273. The molecule has 0 aliphatic carbocycles. The fourth-order valence-electron chi connectivity index (χ4n) is 1.66. The molecule has 8 nitrogen and oxygen atoms in total. The van der Waals surface area contributed by atoms with E-state index in [1.54, 1.807) is 18.1 Å². The van der Waals surface area contributed by atoms with Crippen molar-refractivity contribution >= 4 is 31.9 Å². The maximum atomic E-state index is 11.5. The lowest BCUT2D eigenvalue weighted by Crippen LogP contribution is -2.17. The third kappa shape index (κ3) is 3.52. The minimum absolute atomic E-state index is 0.0322. The lowest BCUT2D eigenvalue weighted by atomic mass is 10.4. The molecule has 0 unspecified atom stereocenters. The van der Waals surface area contributed by atoms with Gasteiger partial charge in [0.05, 0.1) is 23.4 Å². The van der Waals surface area contributed by atoms with E-state index in [2.05, 4.69) is 9.97 Å². The van der Waals surface area contributed by atoms with E-state index in [4.69, 9.17) is 0 Å². The van der Waals surface area contributed by atoms with Crippen LogP contribution in [0.1, 0.15) is 5.69 Å². The summed E-state index contributed by atoms with van der Waals surface area (Å²) in [7, 11) is -1.85. The first-order valence-corrected chi connectivity index (χ1v) is 8.44. The van der Waals surface area contributed by atoms with Gasteiger partial charge in [0.1, 0.15) is 4.21 Å². The molecule has 0 saturated heterocycles. The number of nitro groups is 1. The lowest BCUT2D eigenvalue weighted by molar-refractivity contribution is -0.383. The Kier molecular flexibility index (Phi) is 4.19. The Morgan fingerprint density at radius 1 is 1.43 bits per heavy atom. The van der Waals surface area contributed by atoms with Crippen LogP contribution < -0.4 is 4.90 Å². The molecule has 0 amide bonds. The van der Waals surface area contributed by atoms with E-state index in [1.165, 1.54) is 12.4 Å². The first kappa shape index (κ1) is 15.3. The molecule has 0 aliphatic heterocycles. The second-order valence-electron chi connectivity index (χ2n) is 4.34. The van der Waals surface area contributed by atoms with E-state index in [-0.39, 0.29) is 14.9 Å². The first-order valence-electron chi connectivity index (χ1n) is 5.73. The van der Waals surface area contributed by atoms with Crippen LogP contribution in [-0.4, -0.2) is 36.6 Å². The number of nitrogens with zero attached hydrogens (tertiary/aromatic N) is 4. The first-order chi connectivity index (χ1) is 9.79. The highest BCUT2D eigenvalue weighted by molar-refractivity contribution is 7.92. The van der Waals surface area contributed by atoms with Crippen LogP contribution in [0.15, 0.2) is 28.9 Å². The van der Waals surface area contributed by atoms with Gasteiger partial charge >= 0.3 is 5.69 Å². The van der Waals surface area contributed by atoms with Crippen molar-refractivity contribution in [2.24, 2.45) is 0 Å². The minimum atomic E-state index is -3.48. The Bertz CT molecular complexity index is 758. The van der Waals surface area contributed by atoms with E-state index in [0.29, 0.717) is 12.2 Å². The normalized spacial score (nSPS) is 11.3. The number of aromatic nitrogens is 2. The predicted octanol–water partition coefficient (Wildman–Crippen LogP) is 1.49. The molecule has 112 valence electrons. The topological polar surface area (TPSA) is 106 Å². The molecule has 0 saturated carbocycles. The summed E-state index contributed by atoms with van der Waals surface area (Å²) in [5.41, 5.74) is 0.399. The van der Waals surface area contributed by atoms with Gasteiger partial charge in [-0.2, -0.15) is 0 Å². The van der Waals surface area contributed by atoms with Crippen LogP contribution in [0.3, 0.4) is 0 Å². The molecule has 0 aromatic carbocycles. The molecule has 0 N–H and O–H groups in total. The molecule has 10 heteroatoms. The van der Waals surface area contributed by atoms with E-state index in [0.717, 1.165) is 23.7 Å². The second kappa shape index (κ2) is 5.74. The van der Waals surface area contributed by atoms with Crippen LogP contribution in [0.25, 0.3) is 0 Å². The summed E-state index contributed by atoms with van der Waals surface area (Å²) in [6, 6.07) is 1.09. The smallest absolute Gasteiger partial charge is 0.305 e. The summed E-state index contributed by atoms with van der Waals surface area (Å²) in [5, 5.41) is 11.4. The molecule has 21 heavy (non-hydrogen) atoms. The summed E-state index contributed by atoms with van der Waals surface area (Å²) in [4.78, 5) is 20.1. The van der Waals surface area contributed by atoms with Crippen LogP contribution in [0, 0.1) is 10.1 Å². The predicted molar refractivity (Wildman–Crippen MR) is 78.2 cm³/mol. The van der Waals surface area contributed by atoms with Crippen molar-refractivity contribution in [1.29, 1.82) is 0 Å². The molecule has 0 radical (unpaired) electrons. The van der Waals surface area contributed by atoms with Crippen molar-refractivity contribution < 1.29 is 13.3 Å².